The highest BCUT2D eigenvalue weighted by Crippen LogP contribution is 2.11. The predicted octanol–water partition coefficient (Wildman–Crippen LogP) is 3.34. The van der Waals surface area contributed by atoms with Crippen LogP contribution >= 0.6 is 0 Å². The quantitative estimate of drug-likeness (QED) is 0.758. The minimum Gasteiger partial charge on any atom is -0.369 e. The number of rotatable bonds is 9. The van der Waals surface area contributed by atoms with Crippen LogP contribution in [-0.4, -0.2) is 40.1 Å². The SMILES string of the molecule is CCCCN(C(=O)c1ccc(NCCC)nn1)C(C)CC. The lowest BCUT2D eigenvalue weighted by atomic mass is 10.1. The van der Waals surface area contributed by atoms with Gasteiger partial charge in [-0.25, -0.2) is 0 Å². The van der Waals surface area contributed by atoms with E-state index >= 15 is 0 Å². The maximum absolute atomic E-state index is 12.6. The number of hydrogen-bond acceptors (Lipinski definition) is 4. The van der Waals surface area contributed by atoms with Gasteiger partial charge in [-0.05, 0) is 38.3 Å². The molecule has 5 heteroatoms. The second-order valence-corrected chi connectivity index (χ2v) is 5.34. The lowest BCUT2D eigenvalue weighted by molar-refractivity contribution is 0.0678. The molecular weight excluding hydrogens is 264 g/mol. The van der Waals surface area contributed by atoms with Gasteiger partial charge >= 0.3 is 0 Å². The molecule has 0 saturated heterocycles. The molecule has 0 aliphatic rings. The van der Waals surface area contributed by atoms with E-state index in [1.807, 2.05) is 11.0 Å². The first kappa shape index (κ1) is 17.4. The van der Waals surface area contributed by atoms with Gasteiger partial charge in [-0.3, -0.25) is 4.79 Å². The zero-order valence-electron chi connectivity index (χ0n) is 13.7. The molecule has 0 aromatic carbocycles. The highest BCUT2D eigenvalue weighted by Gasteiger charge is 2.21. The average Bonchev–Trinajstić information content (AvgIpc) is 2.53. The number of unbranched alkanes of at least 4 members (excludes halogenated alkanes) is 1. The number of carbonyl (C=O) groups is 1. The summed E-state index contributed by atoms with van der Waals surface area (Å²) >= 11 is 0. The van der Waals surface area contributed by atoms with Gasteiger partial charge in [0, 0.05) is 19.1 Å². The van der Waals surface area contributed by atoms with Crippen molar-refractivity contribution in [3.8, 4) is 0 Å². The van der Waals surface area contributed by atoms with Gasteiger partial charge in [-0.2, -0.15) is 0 Å². The lowest BCUT2D eigenvalue weighted by Crippen LogP contribution is -2.39. The third-order valence-corrected chi connectivity index (χ3v) is 3.58. The van der Waals surface area contributed by atoms with Gasteiger partial charge in [0.15, 0.2) is 5.69 Å². The van der Waals surface area contributed by atoms with E-state index in [-0.39, 0.29) is 11.9 Å². The van der Waals surface area contributed by atoms with Crippen LogP contribution in [0.25, 0.3) is 0 Å². The Hall–Kier alpha value is -1.65. The molecule has 0 aliphatic carbocycles. The summed E-state index contributed by atoms with van der Waals surface area (Å²) < 4.78 is 0. The van der Waals surface area contributed by atoms with Crippen LogP contribution in [0.2, 0.25) is 0 Å². The van der Waals surface area contributed by atoms with Crippen molar-refractivity contribution < 1.29 is 4.79 Å². The molecule has 0 radical (unpaired) electrons. The first-order valence-electron chi connectivity index (χ1n) is 8.02. The molecule has 0 saturated carbocycles. The second-order valence-electron chi connectivity index (χ2n) is 5.34. The average molecular weight is 292 g/mol. The minimum absolute atomic E-state index is 0.0210. The van der Waals surface area contributed by atoms with Crippen LogP contribution in [0.3, 0.4) is 0 Å². The first-order valence-corrected chi connectivity index (χ1v) is 8.02. The Balaban J connectivity index is 2.77. The van der Waals surface area contributed by atoms with E-state index in [9.17, 15) is 4.79 Å². The number of nitrogens with zero attached hydrogens (tertiary/aromatic N) is 3. The van der Waals surface area contributed by atoms with Crippen molar-refractivity contribution >= 4 is 11.7 Å². The molecule has 0 aliphatic heterocycles. The van der Waals surface area contributed by atoms with Gasteiger partial charge in [0.1, 0.15) is 5.82 Å². The lowest BCUT2D eigenvalue weighted by Gasteiger charge is -2.28. The fourth-order valence-corrected chi connectivity index (χ4v) is 2.01. The molecule has 0 bridgehead atoms. The predicted molar refractivity (Wildman–Crippen MR) is 86.5 cm³/mol. The highest BCUT2D eigenvalue weighted by atomic mass is 16.2. The molecule has 5 nitrogen and oxygen atoms in total. The number of nitrogens with one attached hydrogen (secondary N) is 1. The van der Waals surface area contributed by atoms with Crippen molar-refractivity contribution in [2.24, 2.45) is 0 Å². The van der Waals surface area contributed by atoms with E-state index in [0.717, 1.165) is 44.6 Å². The molecule has 1 N–H and O–H groups in total. The standard InChI is InChI=1S/C16H28N4O/c1-5-8-12-20(13(4)7-3)16(21)14-9-10-15(19-18-14)17-11-6-2/h9-10,13H,5-8,11-12H2,1-4H3,(H,17,19). The summed E-state index contributed by atoms with van der Waals surface area (Å²) in [5.41, 5.74) is 0.424. The van der Waals surface area contributed by atoms with Gasteiger partial charge in [0.2, 0.25) is 0 Å². The van der Waals surface area contributed by atoms with Crippen LogP contribution in [0.5, 0.6) is 0 Å². The smallest absolute Gasteiger partial charge is 0.274 e. The van der Waals surface area contributed by atoms with Gasteiger partial charge in [0.05, 0.1) is 0 Å². The molecule has 1 aromatic heterocycles. The first-order chi connectivity index (χ1) is 10.1. The molecule has 21 heavy (non-hydrogen) atoms. The fourth-order valence-electron chi connectivity index (χ4n) is 2.01. The molecule has 0 spiro atoms. The number of carbonyl (C=O) groups excluding carboxylic acids is 1. The normalized spacial score (nSPS) is 12.0. The Morgan fingerprint density at radius 2 is 2.00 bits per heavy atom. The zero-order valence-corrected chi connectivity index (χ0v) is 13.7. The maximum atomic E-state index is 12.6. The molecule has 1 aromatic rings. The number of anilines is 1. The minimum atomic E-state index is -0.0210. The van der Waals surface area contributed by atoms with Crippen LogP contribution in [0.1, 0.15) is 63.9 Å². The Morgan fingerprint density at radius 1 is 1.24 bits per heavy atom. The Labute approximate surface area is 128 Å². The second kappa shape index (κ2) is 9.32. The topological polar surface area (TPSA) is 58.1 Å². The molecular formula is C16H28N4O. The van der Waals surface area contributed by atoms with E-state index < -0.39 is 0 Å². The maximum Gasteiger partial charge on any atom is 0.274 e. The van der Waals surface area contributed by atoms with E-state index in [4.69, 9.17) is 0 Å². The summed E-state index contributed by atoms with van der Waals surface area (Å²) in [4.78, 5) is 14.5. The molecule has 1 unspecified atom stereocenters. The summed E-state index contributed by atoms with van der Waals surface area (Å²) in [6, 6.07) is 3.81. The van der Waals surface area contributed by atoms with Crippen LogP contribution in [0, 0.1) is 0 Å². The number of aromatic nitrogens is 2. The van der Waals surface area contributed by atoms with Gasteiger partial charge in [-0.1, -0.05) is 27.2 Å². The van der Waals surface area contributed by atoms with Crippen molar-refractivity contribution in [2.45, 2.75) is 59.4 Å². The number of hydrogen-bond donors (Lipinski definition) is 1. The third kappa shape index (κ3) is 5.33. The monoisotopic (exact) mass is 292 g/mol. The summed E-state index contributed by atoms with van der Waals surface area (Å²) in [6.07, 6.45) is 4.06. The van der Waals surface area contributed by atoms with Crippen LogP contribution in [0.15, 0.2) is 12.1 Å². The van der Waals surface area contributed by atoms with Crippen LogP contribution < -0.4 is 5.32 Å². The van der Waals surface area contributed by atoms with Crippen molar-refractivity contribution in [1.82, 2.24) is 15.1 Å². The van der Waals surface area contributed by atoms with E-state index in [1.54, 1.807) is 6.07 Å². The molecule has 0 fully saturated rings. The van der Waals surface area contributed by atoms with Crippen molar-refractivity contribution in [1.29, 1.82) is 0 Å². The highest BCUT2D eigenvalue weighted by molar-refractivity contribution is 5.92. The third-order valence-electron chi connectivity index (χ3n) is 3.58. The van der Waals surface area contributed by atoms with E-state index in [0.29, 0.717) is 5.69 Å². The molecule has 118 valence electrons. The fraction of sp³-hybridized carbons (Fsp3) is 0.688. The summed E-state index contributed by atoms with van der Waals surface area (Å²) in [7, 11) is 0. The van der Waals surface area contributed by atoms with Crippen molar-refractivity contribution in [2.75, 3.05) is 18.4 Å². The summed E-state index contributed by atoms with van der Waals surface area (Å²) in [5.74, 6) is 0.699. The Bertz CT molecular complexity index is 419. The van der Waals surface area contributed by atoms with Crippen molar-refractivity contribution in [3.05, 3.63) is 17.8 Å². The van der Waals surface area contributed by atoms with Crippen LogP contribution in [0.4, 0.5) is 5.82 Å². The largest absolute Gasteiger partial charge is 0.369 e. The van der Waals surface area contributed by atoms with Gasteiger partial charge in [-0.15, -0.1) is 10.2 Å². The number of amides is 1. The molecule has 1 heterocycles. The molecule has 1 atom stereocenters. The zero-order chi connectivity index (χ0) is 15.7. The van der Waals surface area contributed by atoms with E-state index in [2.05, 4.69) is 43.2 Å². The summed E-state index contributed by atoms with van der Waals surface area (Å²) in [5, 5.41) is 11.3. The van der Waals surface area contributed by atoms with E-state index in [1.165, 1.54) is 0 Å². The van der Waals surface area contributed by atoms with Gasteiger partial charge in [0.25, 0.3) is 5.91 Å². The van der Waals surface area contributed by atoms with Gasteiger partial charge < -0.3 is 10.2 Å². The molecule has 1 rings (SSSR count). The Morgan fingerprint density at radius 3 is 2.52 bits per heavy atom. The Kier molecular flexibility index (Phi) is 7.72. The summed E-state index contributed by atoms with van der Waals surface area (Å²) in [6.45, 7) is 10.0. The molecule has 1 amide bonds. The van der Waals surface area contributed by atoms with Crippen molar-refractivity contribution in [3.63, 3.8) is 0 Å². The van der Waals surface area contributed by atoms with Crippen LogP contribution in [-0.2, 0) is 0 Å².